The second-order valence-corrected chi connectivity index (χ2v) is 1.85. The fourth-order valence-corrected chi connectivity index (χ4v) is 0. The molecule has 7 heteroatoms. The molecule has 0 spiro atoms. The van der Waals surface area contributed by atoms with Crippen LogP contribution in [0, 0.1) is 0 Å². The fraction of sp³-hybridized carbons (Fsp3) is 0. The van der Waals surface area contributed by atoms with E-state index in [1.807, 2.05) is 0 Å². The third kappa shape index (κ3) is 97.1. The van der Waals surface area contributed by atoms with Gasteiger partial charge >= 0.3 is 59.1 Å². The Morgan fingerprint density at radius 2 is 1.29 bits per heavy atom. The molecule has 0 bridgehead atoms. The molecule has 0 radical (unpaired) electrons. The van der Waals surface area contributed by atoms with Crippen LogP contribution in [0.1, 0.15) is 1.43 Å². The van der Waals surface area contributed by atoms with Crippen molar-refractivity contribution in [3.05, 3.63) is 0 Å². The molecule has 0 heterocycles. The van der Waals surface area contributed by atoms with E-state index < -0.39 is 13.6 Å². The molecule has 0 amide bonds. The molecule has 0 unspecified atom stereocenters. The first kappa shape index (κ1) is 15.8. The SMILES string of the molecule is [H-].[Na+].[Ni].[O]=[Cr](=[O])([OH])[OH]. The first-order valence-corrected chi connectivity index (χ1v) is 2.88. The van der Waals surface area contributed by atoms with E-state index in [9.17, 15) is 0 Å². The van der Waals surface area contributed by atoms with Crippen LogP contribution in [0.25, 0.3) is 0 Å². The van der Waals surface area contributed by atoms with Crippen molar-refractivity contribution in [1.82, 2.24) is 0 Å². The zero-order valence-electron chi connectivity index (χ0n) is 4.44. The summed E-state index contributed by atoms with van der Waals surface area (Å²) in [5.41, 5.74) is 0. The van der Waals surface area contributed by atoms with Crippen molar-refractivity contribution in [1.29, 1.82) is 0 Å². The van der Waals surface area contributed by atoms with Crippen LogP contribution in [-0.4, -0.2) is 8.32 Å². The number of hydrogen-bond acceptors (Lipinski definition) is 2. The van der Waals surface area contributed by atoms with Crippen LogP contribution in [0.15, 0.2) is 0 Å². The van der Waals surface area contributed by atoms with Crippen molar-refractivity contribution < 1.29 is 77.0 Å². The van der Waals surface area contributed by atoms with Crippen molar-refractivity contribution in [2.24, 2.45) is 0 Å². The normalized spacial score (nSPS) is 8.29. The molecule has 44 valence electrons. The van der Waals surface area contributed by atoms with E-state index in [4.69, 9.17) is 15.9 Å². The van der Waals surface area contributed by atoms with E-state index in [2.05, 4.69) is 0 Å². The standard InChI is InChI=1S/Cr.Na.Ni.2H2O.2O.H/h;;;2*1H2;;;/q+2;+1;;;;;;-1/p-2. The van der Waals surface area contributed by atoms with Crippen LogP contribution < -0.4 is 29.6 Å². The minimum atomic E-state index is -5.25. The molecular weight excluding hydrogens is 198 g/mol. The van der Waals surface area contributed by atoms with Gasteiger partial charge in [0.25, 0.3) is 0 Å². The summed E-state index contributed by atoms with van der Waals surface area (Å²) in [4.78, 5) is 0. The maximum atomic E-state index is 8.82. The predicted octanol–water partition coefficient (Wildman–Crippen LogP) is -4.24. The van der Waals surface area contributed by atoms with Crippen molar-refractivity contribution in [2.45, 2.75) is 0 Å². The van der Waals surface area contributed by atoms with Gasteiger partial charge in [0.2, 0.25) is 0 Å². The van der Waals surface area contributed by atoms with Crippen LogP contribution in [0.3, 0.4) is 0 Å². The van der Waals surface area contributed by atoms with E-state index in [-0.39, 0.29) is 47.5 Å². The van der Waals surface area contributed by atoms with E-state index >= 15 is 0 Å². The third-order valence-electron chi connectivity index (χ3n) is 0. The Morgan fingerprint density at radius 3 is 1.29 bits per heavy atom. The number of rotatable bonds is 0. The summed E-state index contributed by atoms with van der Waals surface area (Å²) in [6, 6.07) is 0. The van der Waals surface area contributed by atoms with Crippen molar-refractivity contribution in [2.75, 3.05) is 0 Å². The van der Waals surface area contributed by atoms with Gasteiger partial charge in [0, 0.05) is 16.5 Å². The second-order valence-electron chi connectivity index (χ2n) is 0.448. The topological polar surface area (TPSA) is 74.6 Å². The van der Waals surface area contributed by atoms with Gasteiger partial charge in [-0.25, -0.2) is 0 Å². The first-order valence-electron chi connectivity index (χ1n) is 0.698. The molecule has 0 rings (SSSR count). The Morgan fingerprint density at radius 1 is 1.29 bits per heavy atom. The molecule has 0 aliphatic rings. The van der Waals surface area contributed by atoms with E-state index in [0.717, 1.165) is 0 Å². The summed E-state index contributed by atoms with van der Waals surface area (Å²) in [7, 11) is 0. The molecule has 0 aliphatic carbocycles. The van der Waals surface area contributed by atoms with Gasteiger partial charge in [-0.15, -0.1) is 0 Å². The molecule has 4 nitrogen and oxygen atoms in total. The summed E-state index contributed by atoms with van der Waals surface area (Å²) in [5.74, 6) is 0. The maximum absolute atomic E-state index is 8.82. The number of hydrogen-bond donors (Lipinski definition) is 2. The van der Waals surface area contributed by atoms with E-state index in [1.165, 1.54) is 0 Å². The zero-order valence-corrected chi connectivity index (χ0v) is 7.70. The summed E-state index contributed by atoms with van der Waals surface area (Å²) in [5, 5.41) is 0. The van der Waals surface area contributed by atoms with Crippen molar-refractivity contribution >= 4 is 0 Å². The monoisotopic (exact) mass is 200 g/mol. The van der Waals surface area contributed by atoms with Gasteiger partial charge < -0.3 is 1.43 Å². The van der Waals surface area contributed by atoms with Gasteiger partial charge in [0.1, 0.15) is 0 Å². The molecule has 0 aromatic heterocycles. The molecule has 0 aliphatic heterocycles. The van der Waals surface area contributed by atoms with E-state index in [0.29, 0.717) is 0 Å². The van der Waals surface area contributed by atoms with Crippen LogP contribution in [0.5, 0.6) is 0 Å². The van der Waals surface area contributed by atoms with Crippen LogP contribution in [0.4, 0.5) is 0 Å². The molecule has 2 N–H and O–H groups in total. The van der Waals surface area contributed by atoms with Gasteiger partial charge in [-0.2, -0.15) is 0 Å². The molecule has 0 fully saturated rings. The summed E-state index contributed by atoms with van der Waals surface area (Å²) < 4.78 is 31.9. The van der Waals surface area contributed by atoms with Crippen molar-refractivity contribution in [3.8, 4) is 0 Å². The van der Waals surface area contributed by atoms with Crippen LogP contribution in [0.2, 0.25) is 0 Å². The Bertz CT molecular complexity index is 99.2. The molecule has 0 aromatic rings. The van der Waals surface area contributed by atoms with Gasteiger partial charge in [-0.3, -0.25) is 0 Å². The minimum absolute atomic E-state index is 0. The third-order valence-corrected chi connectivity index (χ3v) is 0. The summed E-state index contributed by atoms with van der Waals surface area (Å²) in [6.45, 7) is 0. The summed E-state index contributed by atoms with van der Waals surface area (Å²) >= 11 is -5.25. The second kappa shape index (κ2) is 5.68. The Kier molecular flexibility index (Phi) is 12.8. The molecule has 7 heavy (non-hydrogen) atoms. The van der Waals surface area contributed by atoms with E-state index in [1.54, 1.807) is 0 Å². The Labute approximate surface area is 76.4 Å². The van der Waals surface area contributed by atoms with Gasteiger partial charge in [-0.1, -0.05) is 0 Å². The van der Waals surface area contributed by atoms with Crippen molar-refractivity contribution in [3.63, 3.8) is 0 Å². The summed E-state index contributed by atoms with van der Waals surface area (Å²) in [6.07, 6.45) is 0. The molecule has 0 aromatic carbocycles. The predicted molar refractivity (Wildman–Crippen MR) is 6.92 cm³/mol. The fourth-order valence-electron chi connectivity index (χ4n) is 0. The Hall–Kier alpha value is 1.55. The van der Waals surface area contributed by atoms with Gasteiger partial charge in [0.15, 0.2) is 0 Å². The quantitative estimate of drug-likeness (QED) is 0.389. The average molecular weight is 201 g/mol. The molecular formula is H3CrNaNiO4. The van der Waals surface area contributed by atoms with Crippen LogP contribution in [-0.2, 0) is 37.7 Å². The average Bonchev–Trinajstić information content (AvgIpc) is 0.722. The zero-order chi connectivity index (χ0) is 4.50. The van der Waals surface area contributed by atoms with Gasteiger partial charge in [0.05, 0.1) is 0 Å². The van der Waals surface area contributed by atoms with Gasteiger partial charge in [-0.05, 0) is 0 Å². The molecule has 0 saturated heterocycles. The first-order chi connectivity index (χ1) is 2.00. The Balaban J connectivity index is -0.0000000267. The van der Waals surface area contributed by atoms with Crippen LogP contribution >= 0.6 is 0 Å². The molecule has 0 atom stereocenters. The molecule has 0 saturated carbocycles.